The summed E-state index contributed by atoms with van der Waals surface area (Å²) in [5, 5.41) is 5.93. The third-order valence-electron chi connectivity index (χ3n) is 0.370. The van der Waals surface area contributed by atoms with Crippen LogP contribution in [0.2, 0.25) is 0 Å². The summed E-state index contributed by atoms with van der Waals surface area (Å²) in [6.07, 6.45) is -0.870. The van der Waals surface area contributed by atoms with Crippen LogP contribution >= 0.6 is 0 Å². The molecule has 0 aromatic carbocycles. The van der Waals surface area contributed by atoms with Gasteiger partial charge in [-0.25, -0.2) is 0 Å². The molecule has 0 rings (SSSR count). The van der Waals surface area contributed by atoms with Gasteiger partial charge in [-0.3, -0.25) is 0 Å². The van der Waals surface area contributed by atoms with Crippen LogP contribution < -0.4 is 0 Å². The zero-order valence-corrected chi connectivity index (χ0v) is 3.97. The molecule has 6 nitrogen and oxygen atoms in total. The van der Waals surface area contributed by atoms with Crippen LogP contribution in [0.15, 0.2) is 10.2 Å². The van der Waals surface area contributed by atoms with Crippen LogP contribution in [0.4, 0.5) is 0 Å². The lowest BCUT2D eigenvalue weighted by Gasteiger charge is -1.84. The first-order valence-electron chi connectivity index (χ1n) is 1.72. The van der Waals surface area contributed by atoms with Crippen molar-refractivity contribution in [2.75, 3.05) is 0 Å². The van der Waals surface area contributed by atoms with Gasteiger partial charge in [-0.2, -0.15) is 0 Å². The van der Waals surface area contributed by atoms with Crippen LogP contribution in [0.25, 0.3) is 20.9 Å². The summed E-state index contributed by atoms with van der Waals surface area (Å²) >= 11 is 0. The van der Waals surface area contributed by atoms with E-state index in [0.717, 1.165) is 0 Å². The Morgan fingerprint density at radius 1 is 1.25 bits per heavy atom. The van der Waals surface area contributed by atoms with Gasteiger partial charge in [0, 0.05) is 9.82 Å². The van der Waals surface area contributed by atoms with Crippen molar-refractivity contribution in [3.63, 3.8) is 0 Å². The summed E-state index contributed by atoms with van der Waals surface area (Å²) in [7, 11) is 0. The normalized spacial score (nSPS) is 10.6. The fraction of sp³-hybridized carbons (Fsp3) is 0.500. The second kappa shape index (κ2) is 3.80. The first-order chi connectivity index (χ1) is 3.81. The third-order valence-corrected chi connectivity index (χ3v) is 0.370. The zero-order chi connectivity index (χ0) is 6.41. The number of hydrogen-bond donors (Lipinski definition) is 0. The number of nitrogens with zero attached hydrogens (tertiary/aromatic N) is 6. The van der Waals surface area contributed by atoms with Gasteiger partial charge in [0.25, 0.3) is 0 Å². The predicted octanol–water partition coefficient (Wildman–Crippen LogP) is 1.77. The largest absolute Gasteiger partial charge is 0.116 e. The van der Waals surface area contributed by atoms with Gasteiger partial charge in [-0.15, -0.1) is 0 Å². The molecule has 0 spiro atoms. The molecule has 0 amide bonds. The van der Waals surface area contributed by atoms with E-state index in [1.54, 1.807) is 0 Å². The lowest BCUT2D eigenvalue weighted by Crippen LogP contribution is -1.85. The molecule has 0 aliphatic rings. The van der Waals surface area contributed by atoms with Gasteiger partial charge < -0.3 is 0 Å². The maximum absolute atomic E-state index is 7.70. The fourth-order valence-corrected chi connectivity index (χ4v) is 0.142. The van der Waals surface area contributed by atoms with E-state index in [4.69, 9.17) is 11.1 Å². The lowest BCUT2D eigenvalue weighted by molar-refractivity contribution is 0.849. The van der Waals surface area contributed by atoms with Crippen molar-refractivity contribution < 1.29 is 0 Å². The summed E-state index contributed by atoms with van der Waals surface area (Å²) < 4.78 is 0. The molecule has 0 unspecified atom stereocenters. The Bertz CT molecular complexity index is 130. The van der Waals surface area contributed by atoms with Crippen molar-refractivity contribution >= 4 is 0 Å². The van der Waals surface area contributed by atoms with Crippen molar-refractivity contribution in [2.45, 2.75) is 6.17 Å². The summed E-state index contributed by atoms with van der Waals surface area (Å²) in [5.74, 6) is 0. The molecule has 0 fully saturated rings. The molecule has 0 heterocycles. The van der Waals surface area contributed by atoms with E-state index in [9.17, 15) is 0 Å². The Morgan fingerprint density at radius 3 is 1.88 bits per heavy atom. The zero-order valence-electron chi connectivity index (χ0n) is 3.97. The average Bonchev–Trinajstić information content (AvgIpc) is 1.68. The maximum Gasteiger partial charge on any atom is 0.116 e. The van der Waals surface area contributed by atoms with E-state index in [0.29, 0.717) is 0 Å². The van der Waals surface area contributed by atoms with E-state index in [1.807, 2.05) is 0 Å². The van der Waals surface area contributed by atoms with Crippen molar-refractivity contribution in [2.24, 2.45) is 10.2 Å². The smallest absolute Gasteiger partial charge is 0.0846 e. The molecule has 0 atom stereocenters. The fourth-order valence-electron chi connectivity index (χ4n) is 0.142. The maximum atomic E-state index is 7.70. The van der Waals surface area contributed by atoms with Crippen molar-refractivity contribution in [3.05, 3.63) is 27.8 Å². The average molecular weight is 111 g/mol. The second-order valence-electron chi connectivity index (χ2n) is 0.890. The van der Waals surface area contributed by atoms with Gasteiger partial charge in [0.1, 0.15) is 6.17 Å². The van der Waals surface area contributed by atoms with Crippen LogP contribution in [0.3, 0.4) is 0 Å². The molecule has 6 heteroatoms. The highest BCUT2D eigenvalue weighted by atomic mass is 15.3. The molecular formula is C2H3N6. The molecular weight excluding hydrogens is 108 g/mol. The van der Waals surface area contributed by atoms with Crippen molar-refractivity contribution in [1.82, 2.24) is 0 Å². The molecule has 0 aliphatic carbocycles. The Labute approximate surface area is 45.4 Å². The molecule has 8 heavy (non-hydrogen) atoms. The Morgan fingerprint density at radius 2 is 1.62 bits per heavy atom. The van der Waals surface area contributed by atoms with E-state index in [2.05, 4.69) is 27.0 Å². The van der Waals surface area contributed by atoms with E-state index >= 15 is 0 Å². The summed E-state index contributed by atoms with van der Waals surface area (Å²) in [5.41, 5.74) is 15.4. The minimum Gasteiger partial charge on any atom is -0.0846 e. The SMILES string of the molecule is [CH2]C(N=[N+]=[N-])N=[N+]=[N-]. The van der Waals surface area contributed by atoms with Crippen molar-refractivity contribution in [1.29, 1.82) is 0 Å². The van der Waals surface area contributed by atoms with Gasteiger partial charge in [-0.1, -0.05) is 10.2 Å². The minimum atomic E-state index is -0.870. The number of rotatable bonds is 2. The molecule has 0 N–H and O–H groups in total. The number of hydrogen-bond acceptors (Lipinski definition) is 2. The topological polar surface area (TPSA) is 97.5 Å². The molecule has 0 aliphatic heterocycles. The summed E-state index contributed by atoms with van der Waals surface area (Å²) in [4.78, 5) is 4.70. The van der Waals surface area contributed by atoms with E-state index in [-0.39, 0.29) is 0 Å². The van der Waals surface area contributed by atoms with E-state index < -0.39 is 6.17 Å². The molecule has 0 saturated heterocycles. The van der Waals surface area contributed by atoms with Crippen molar-refractivity contribution in [3.8, 4) is 0 Å². The van der Waals surface area contributed by atoms with Gasteiger partial charge >= 0.3 is 0 Å². The number of azide groups is 1. The lowest BCUT2D eigenvalue weighted by atomic mass is 10.7. The monoisotopic (exact) mass is 111 g/mol. The highest BCUT2D eigenvalue weighted by Crippen LogP contribution is 1.88. The summed E-state index contributed by atoms with van der Waals surface area (Å²) in [6, 6.07) is 0. The highest BCUT2D eigenvalue weighted by Gasteiger charge is 1.87. The first kappa shape index (κ1) is 6.62. The van der Waals surface area contributed by atoms with E-state index in [1.165, 1.54) is 0 Å². The van der Waals surface area contributed by atoms with Crippen LogP contribution in [-0.2, 0) is 0 Å². The Hall–Kier alpha value is -1.38. The van der Waals surface area contributed by atoms with Gasteiger partial charge in [0.05, 0.1) is 0 Å². The molecule has 1 radical (unpaired) electrons. The quantitative estimate of drug-likeness (QED) is 0.294. The van der Waals surface area contributed by atoms with Crippen LogP contribution in [0, 0.1) is 6.92 Å². The first-order valence-corrected chi connectivity index (χ1v) is 1.72. The van der Waals surface area contributed by atoms with Crippen LogP contribution in [0.5, 0.6) is 0 Å². The van der Waals surface area contributed by atoms with Crippen LogP contribution in [0.1, 0.15) is 0 Å². The molecule has 0 aromatic rings. The predicted molar refractivity (Wildman–Crippen MR) is 27.4 cm³/mol. The third kappa shape index (κ3) is 2.84. The Kier molecular flexibility index (Phi) is 3.14. The molecule has 0 saturated carbocycles. The Balaban J connectivity index is 3.82. The highest BCUT2D eigenvalue weighted by molar-refractivity contribution is 4.65. The van der Waals surface area contributed by atoms with Gasteiger partial charge in [-0.05, 0) is 18.0 Å². The van der Waals surface area contributed by atoms with Gasteiger partial charge in [0.2, 0.25) is 0 Å². The molecule has 0 aromatic heterocycles. The minimum absolute atomic E-state index is 0.870. The van der Waals surface area contributed by atoms with Gasteiger partial charge in [0.15, 0.2) is 0 Å². The molecule has 0 bridgehead atoms. The van der Waals surface area contributed by atoms with Crippen LogP contribution in [-0.4, -0.2) is 6.17 Å². The molecule has 41 valence electrons. The standard InChI is InChI=1S/C2H3N6/c1-2(5-7-3)6-8-4/h2H,1H2. The second-order valence-corrected chi connectivity index (χ2v) is 0.890. The summed E-state index contributed by atoms with van der Waals surface area (Å²) in [6.45, 7) is 3.18.